The smallest absolute Gasteiger partial charge is 0.161 e. The van der Waals surface area contributed by atoms with Gasteiger partial charge in [0.25, 0.3) is 0 Å². The maximum absolute atomic E-state index is 6.76. The lowest BCUT2D eigenvalue weighted by molar-refractivity contribution is 0.116. The Morgan fingerprint density at radius 1 is 0.846 bits per heavy atom. The second-order valence-corrected chi connectivity index (χ2v) is 16.0. The summed E-state index contributed by atoms with van der Waals surface area (Å²) in [5, 5.41) is 0.845. The molecule has 2 aliphatic rings. The van der Waals surface area contributed by atoms with Gasteiger partial charge in [0.1, 0.15) is 0 Å². The Labute approximate surface area is 332 Å². The van der Waals surface area contributed by atoms with Gasteiger partial charge in [-0.25, -0.2) is 0 Å². The van der Waals surface area contributed by atoms with Gasteiger partial charge in [-0.3, -0.25) is 0 Å². The molecule has 0 N–H and O–H groups in total. The molecule has 0 radical (unpaired) electrons. The van der Waals surface area contributed by atoms with Crippen molar-refractivity contribution in [3.05, 3.63) is 105 Å². The first-order chi connectivity index (χ1) is 25.3. The molecule has 4 rings (SSSR count). The number of fused-ring (bicyclic) bond motifs is 4. The van der Waals surface area contributed by atoms with Crippen LogP contribution in [-0.2, 0) is 14.9 Å². The molecular weight excluding hydrogens is 776 g/mol. The topological polar surface area (TPSA) is 36.9 Å². The second-order valence-electron chi connectivity index (χ2n) is 14.4. The van der Waals surface area contributed by atoms with Gasteiger partial charge < -0.3 is 18.9 Å². The Morgan fingerprint density at radius 3 is 2.12 bits per heavy atom. The van der Waals surface area contributed by atoms with Crippen molar-refractivity contribution in [1.82, 2.24) is 0 Å². The van der Waals surface area contributed by atoms with Crippen LogP contribution in [0.2, 0.25) is 0 Å². The quantitative estimate of drug-likeness (QED) is 0.0413. The van der Waals surface area contributed by atoms with Crippen LogP contribution < -0.4 is 9.47 Å². The second kappa shape index (κ2) is 21.3. The van der Waals surface area contributed by atoms with Crippen LogP contribution in [0.25, 0.3) is 11.6 Å². The van der Waals surface area contributed by atoms with E-state index in [-0.39, 0.29) is 0 Å². The highest BCUT2D eigenvalue weighted by atomic mass is 79.9. The molecule has 6 heteroatoms. The van der Waals surface area contributed by atoms with E-state index < -0.39 is 5.41 Å². The predicted molar refractivity (Wildman–Crippen MR) is 228 cm³/mol. The van der Waals surface area contributed by atoms with E-state index in [4.69, 9.17) is 18.9 Å². The van der Waals surface area contributed by atoms with Crippen LogP contribution in [0, 0.1) is 11.8 Å². The molecule has 0 fully saturated rings. The van der Waals surface area contributed by atoms with Crippen molar-refractivity contribution in [3.63, 3.8) is 0 Å². The number of hydrogen-bond donors (Lipinski definition) is 0. The largest absolute Gasteiger partial charge is 0.490 e. The molecule has 2 aliphatic carbocycles. The first kappa shape index (κ1) is 42.0. The number of benzene rings is 2. The van der Waals surface area contributed by atoms with E-state index in [9.17, 15) is 0 Å². The lowest BCUT2D eigenvalue weighted by Gasteiger charge is -2.35. The summed E-state index contributed by atoms with van der Waals surface area (Å²) in [4.78, 5) is 0. The summed E-state index contributed by atoms with van der Waals surface area (Å²) in [7, 11) is 0. The Balaban J connectivity index is 2.00. The monoisotopic (exact) mass is 836 g/mol. The summed E-state index contributed by atoms with van der Waals surface area (Å²) in [5.41, 5.74) is 7.08. The normalized spacial score (nSPS) is 18.4. The number of unbranched alkanes of at least 4 members (excludes halogenated alkanes) is 2. The van der Waals surface area contributed by atoms with Crippen LogP contribution in [0.4, 0.5) is 0 Å². The molecule has 0 amide bonds. The first-order valence-electron chi connectivity index (χ1n) is 19.8. The molecule has 0 aliphatic heterocycles. The van der Waals surface area contributed by atoms with Crippen molar-refractivity contribution in [3.8, 4) is 11.5 Å². The molecule has 0 aromatic heterocycles. The van der Waals surface area contributed by atoms with Crippen molar-refractivity contribution in [1.29, 1.82) is 0 Å². The van der Waals surface area contributed by atoms with Gasteiger partial charge in [0.2, 0.25) is 0 Å². The summed E-state index contributed by atoms with van der Waals surface area (Å²) >= 11 is 7.47. The highest BCUT2D eigenvalue weighted by molar-refractivity contribution is 9.10. The Morgan fingerprint density at radius 2 is 1.50 bits per heavy atom. The van der Waals surface area contributed by atoms with Gasteiger partial charge in [0.15, 0.2) is 23.0 Å². The minimum absolute atomic E-state index is 0.416. The standard InChI is InChI=1S/C46H62Br2O4/c1-8-13-24-49-43-27-36-26-37(28-44(52-32-34(7)11-4)42(12-5)51-31-33(6)10-3)46(40(36)30-45(43)50-25-14-9-2)22-17-19-35(18-15-16-23-47)39-21-20-38(48)29-41(39)46/h12,15-16,19-21,26-30,33-34H,8-11,13-14,17-18,22-25,31-32H2,1-7H3/b16-15-,42-12+,44-28+. The molecule has 0 bridgehead atoms. The van der Waals surface area contributed by atoms with Gasteiger partial charge in [-0.05, 0) is 127 Å². The molecular formula is C46H62Br2O4. The summed E-state index contributed by atoms with van der Waals surface area (Å²) in [6.45, 7) is 18.0. The lowest BCUT2D eigenvalue weighted by Crippen LogP contribution is -2.29. The maximum atomic E-state index is 6.76. The fourth-order valence-electron chi connectivity index (χ4n) is 6.78. The molecule has 0 heterocycles. The van der Waals surface area contributed by atoms with Crippen molar-refractivity contribution >= 4 is 43.5 Å². The van der Waals surface area contributed by atoms with Gasteiger partial charge >= 0.3 is 0 Å². The number of halogens is 2. The van der Waals surface area contributed by atoms with Gasteiger partial charge in [-0.1, -0.05) is 123 Å². The van der Waals surface area contributed by atoms with E-state index in [1.54, 1.807) is 0 Å². The van der Waals surface area contributed by atoms with Crippen molar-refractivity contribution in [2.45, 2.75) is 112 Å². The SMILES string of the molecule is C/C=C(OCC(C)CC)\C(=C/C1=Cc2cc(OCCCC)c(OCCCC)cc2C12CCC=C(C/C=C\CBr)c1ccc(Br)cc12)OCC(C)CC. The van der Waals surface area contributed by atoms with Crippen LogP contribution >= 0.6 is 31.9 Å². The van der Waals surface area contributed by atoms with Crippen molar-refractivity contribution in [2.24, 2.45) is 11.8 Å². The molecule has 4 nitrogen and oxygen atoms in total. The summed E-state index contributed by atoms with van der Waals surface area (Å²) in [6.07, 6.45) is 22.6. The van der Waals surface area contributed by atoms with Crippen LogP contribution in [0.5, 0.6) is 11.5 Å². The zero-order chi connectivity index (χ0) is 37.5. The minimum atomic E-state index is -0.461. The van der Waals surface area contributed by atoms with Gasteiger partial charge in [0.05, 0.1) is 26.4 Å². The molecule has 3 unspecified atom stereocenters. The molecule has 1 spiro atoms. The van der Waals surface area contributed by atoms with E-state index >= 15 is 0 Å². The molecule has 0 saturated carbocycles. The summed E-state index contributed by atoms with van der Waals surface area (Å²) in [6, 6.07) is 11.3. The third kappa shape index (κ3) is 10.5. The average Bonchev–Trinajstić information content (AvgIpc) is 3.34. The fraction of sp³-hybridized carbons (Fsp3) is 0.522. The molecule has 0 saturated heterocycles. The van der Waals surface area contributed by atoms with E-state index in [1.165, 1.54) is 27.8 Å². The van der Waals surface area contributed by atoms with Crippen molar-refractivity contribution < 1.29 is 18.9 Å². The molecule has 284 valence electrons. The predicted octanol–water partition coefficient (Wildman–Crippen LogP) is 13.9. The number of hydrogen-bond acceptors (Lipinski definition) is 4. The Kier molecular flexibility index (Phi) is 17.2. The third-order valence-electron chi connectivity index (χ3n) is 10.4. The minimum Gasteiger partial charge on any atom is -0.490 e. The van der Waals surface area contributed by atoms with E-state index in [0.717, 1.165) is 96.2 Å². The van der Waals surface area contributed by atoms with Gasteiger partial charge in [-0.15, -0.1) is 0 Å². The first-order valence-corrected chi connectivity index (χ1v) is 21.7. The molecule has 2 aromatic carbocycles. The molecule has 2 aromatic rings. The van der Waals surface area contributed by atoms with Crippen LogP contribution in [0.1, 0.15) is 129 Å². The van der Waals surface area contributed by atoms with Crippen LogP contribution in [0.3, 0.4) is 0 Å². The zero-order valence-corrected chi connectivity index (χ0v) is 36.0. The fourth-order valence-corrected chi connectivity index (χ4v) is 7.40. The lowest BCUT2D eigenvalue weighted by atomic mass is 9.67. The number of alkyl halides is 1. The Hall–Kier alpha value is -2.70. The van der Waals surface area contributed by atoms with Crippen LogP contribution in [0.15, 0.2) is 82.3 Å². The zero-order valence-electron chi connectivity index (χ0n) is 32.8. The number of allylic oxidation sites excluding steroid dienone is 7. The summed E-state index contributed by atoms with van der Waals surface area (Å²) < 4.78 is 27.4. The van der Waals surface area contributed by atoms with E-state index in [0.29, 0.717) is 38.3 Å². The number of ether oxygens (including phenoxy) is 4. The third-order valence-corrected chi connectivity index (χ3v) is 11.3. The average molecular weight is 839 g/mol. The van der Waals surface area contributed by atoms with Gasteiger partial charge in [0, 0.05) is 15.2 Å². The highest BCUT2D eigenvalue weighted by Crippen LogP contribution is 2.56. The van der Waals surface area contributed by atoms with Crippen molar-refractivity contribution in [2.75, 3.05) is 31.8 Å². The van der Waals surface area contributed by atoms with E-state index in [1.807, 2.05) is 0 Å². The Bertz CT molecular complexity index is 1620. The maximum Gasteiger partial charge on any atom is 0.161 e. The highest BCUT2D eigenvalue weighted by Gasteiger charge is 2.45. The van der Waals surface area contributed by atoms with Crippen LogP contribution in [-0.4, -0.2) is 31.8 Å². The summed E-state index contributed by atoms with van der Waals surface area (Å²) in [5.74, 6) is 4.09. The molecule has 3 atom stereocenters. The molecule has 52 heavy (non-hydrogen) atoms. The van der Waals surface area contributed by atoms with Gasteiger partial charge in [-0.2, -0.15) is 0 Å². The van der Waals surface area contributed by atoms with E-state index in [2.05, 4.69) is 147 Å². The number of rotatable bonds is 21.